The number of rotatable bonds is 6. The predicted octanol–water partition coefficient (Wildman–Crippen LogP) is 3.79. The molecule has 0 aliphatic rings. The summed E-state index contributed by atoms with van der Waals surface area (Å²) in [6.45, 7) is 0. The van der Waals surface area contributed by atoms with Gasteiger partial charge in [-0.3, -0.25) is 10.2 Å². The zero-order chi connectivity index (χ0) is 23.1. The summed E-state index contributed by atoms with van der Waals surface area (Å²) in [5.41, 5.74) is 6.13. The summed E-state index contributed by atoms with van der Waals surface area (Å²) in [6.07, 6.45) is 0.935. The molecule has 32 heavy (non-hydrogen) atoms. The molecule has 3 aromatic rings. The minimum atomic E-state index is -0.798. The van der Waals surface area contributed by atoms with E-state index in [1.54, 1.807) is 18.2 Å². The monoisotopic (exact) mass is 436 g/mol. The molecule has 0 heterocycles. The van der Waals surface area contributed by atoms with Crippen molar-refractivity contribution in [1.82, 2.24) is 10.9 Å². The molecule has 3 rings (SSSR count). The highest BCUT2D eigenvalue weighted by Gasteiger charge is 2.20. The van der Waals surface area contributed by atoms with Crippen LogP contribution in [0.2, 0.25) is 0 Å². The van der Waals surface area contributed by atoms with Gasteiger partial charge >= 0.3 is 6.09 Å². The molecule has 8 heteroatoms. The van der Waals surface area contributed by atoms with Gasteiger partial charge in [0.1, 0.15) is 0 Å². The van der Waals surface area contributed by atoms with E-state index in [9.17, 15) is 9.59 Å². The zero-order valence-electron chi connectivity index (χ0n) is 18.2. The standard InChI is InChI=1S/C24H24N2O6/c1-29-20-13-17(14-21(30-2)22(20)31-3)19(23(27)25-26-24(28)32-4)12-16-10-7-9-15-8-5-6-11-18(15)16/h5-14H,1-4H3,(H,25,27)(H,26,28)/b19-12+. The molecule has 0 saturated carbocycles. The Labute approximate surface area is 185 Å². The van der Waals surface area contributed by atoms with Crippen molar-refractivity contribution in [2.75, 3.05) is 28.4 Å². The molecule has 0 atom stereocenters. The van der Waals surface area contributed by atoms with Gasteiger partial charge in [0.15, 0.2) is 11.5 Å². The molecular weight excluding hydrogens is 412 g/mol. The van der Waals surface area contributed by atoms with Crippen LogP contribution < -0.4 is 25.1 Å². The van der Waals surface area contributed by atoms with Crippen LogP contribution in [0.4, 0.5) is 4.79 Å². The number of methoxy groups -OCH3 is 4. The molecule has 2 amide bonds. The maximum absolute atomic E-state index is 13.1. The van der Waals surface area contributed by atoms with E-state index >= 15 is 0 Å². The third-order valence-corrected chi connectivity index (χ3v) is 4.81. The molecule has 0 bridgehead atoms. The first-order valence-corrected chi connectivity index (χ1v) is 9.66. The molecule has 0 spiro atoms. The van der Waals surface area contributed by atoms with Gasteiger partial charge in [-0.2, -0.15) is 0 Å². The van der Waals surface area contributed by atoms with Gasteiger partial charge in [0, 0.05) is 5.57 Å². The number of nitrogens with one attached hydrogen (secondary N) is 2. The van der Waals surface area contributed by atoms with Crippen LogP contribution in [0.1, 0.15) is 11.1 Å². The van der Waals surface area contributed by atoms with E-state index in [1.165, 1.54) is 28.4 Å². The summed E-state index contributed by atoms with van der Waals surface area (Å²) in [4.78, 5) is 24.6. The molecule has 0 saturated heterocycles. The van der Waals surface area contributed by atoms with Crippen LogP contribution in [0.5, 0.6) is 17.2 Å². The van der Waals surface area contributed by atoms with Gasteiger partial charge in [-0.25, -0.2) is 10.2 Å². The Balaban J connectivity index is 2.18. The van der Waals surface area contributed by atoms with Crippen molar-refractivity contribution >= 4 is 34.4 Å². The summed E-state index contributed by atoms with van der Waals surface area (Å²) in [5, 5.41) is 1.99. The third kappa shape index (κ3) is 4.75. The van der Waals surface area contributed by atoms with Gasteiger partial charge in [-0.05, 0) is 40.1 Å². The van der Waals surface area contributed by atoms with Gasteiger partial charge in [0.25, 0.3) is 5.91 Å². The van der Waals surface area contributed by atoms with Crippen LogP contribution in [-0.4, -0.2) is 40.4 Å². The summed E-state index contributed by atoms with van der Waals surface area (Å²) in [6, 6.07) is 17.0. The van der Waals surface area contributed by atoms with Crippen molar-refractivity contribution in [2.45, 2.75) is 0 Å². The summed E-state index contributed by atoms with van der Waals surface area (Å²) in [5.74, 6) is 0.618. The van der Waals surface area contributed by atoms with Gasteiger partial charge in [-0.15, -0.1) is 0 Å². The SMILES string of the molecule is COC(=O)NNC(=O)/C(=C/c1cccc2ccccc12)c1cc(OC)c(OC)c(OC)c1. The van der Waals surface area contributed by atoms with E-state index in [4.69, 9.17) is 14.2 Å². The molecule has 0 aliphatic carbocycles. The first-order chi connectivity index (χ1) is 15.5. The first-order valence-electron chi connectivity index (χ1n) is 9.66. The molecule has 0 unspecified atom stereocenters. The molecule has 2 N–H and O–H groups in total. The van der Waals surface area contributed by atoms with E-state index in [0.29, 0.717) is 22.8 Å². The smallest absolute Gasteiger partial charge is 0.425 e. The molecule has 8 nitrogen and oxygen atoms in total. The molecule has 0 aromatic heterocycles. The van der Waals surface area contributed by atoms with Crippen molar-refractivity contribution in [3.63, 3.8) is 0 Å². The van der Waals surface area contributed by atoms with Crippen LogP contribution in [0, 0.1) is 0 Å². The van der Waals surface area contributed by atoms with Gasteiger partial charge in [-0.1, -0.05) is 42.5 Å². The lowest BCUT2D eigenvalue weighted by molar-refractivity contribution is -0.116. The van der Waals surface area contributed by atoms with E-state index in [1.807, 2.05) is 42.5 Å². The Morgan fingerprint density at radius 3 is 2.09 bits per heavy atom. The Morgan fingerprint density at radius 1 is 0.812 bits per heavy atom. The highest BCUT2D eigenvalue weighted by Crippen LogP contribution is 2.40. The number of carbonyl (C=O) groups is 2. The van der Waals surface area contributed by atoms with Crippen LogP contribution in [-0.2, 0) is 9.53 Å². The van der Waals surface area contributed by atoms with Crippen LogP contribution >= 0.6 is 0 Å². The van der Waals surface area contributed by atoms with Crippen molar-refractivity contribution in [3.8, 4) is 17.2 Å². The van der Waals surface area contributed by atoms with Crippen LogP contribution in [0.3, 0.4) is 0 Å². The molecule has 0 fully saturated rings. The van der Waals surface area contributed by atoms with Crippen molar-refractivity contribution in [2.24, 2.45) is 0 Å². The summed E-state index contributed by atoms with van der Waals surface area (Å²) < 4.78 is 20.8. The summed E-state index contributed by atoms with van der Waals surface area (Å²) >= 11 is 0. The fourth-order valence-corrected chi connectivity index (χ4v) is 3.27. The molecular formula is C24H24N2O6. The third-order valence-electron chi connectivity index (χ3n) is 4.81. The maximum Gasteiger partial charge on any atom is 0.425 e. The van der Waals surface area contributed by atoms with E-state index in [-0.39, 0.29) is 5.57 Å². The van der Waals surface area contributed by atoms with Gasteiger partial charge in [0.05, 0.1) is 28.4 Å². The second-order valence-electron chi connectivity index (χ2n) is 6.61. The van der Waals surface area contributed by atoms with Crippen molar-refractivity contribution < 1.29 is 28.5 Å². The Bertz CT molecular complexity index is 1140. The minimum absolute atomic E-state index is 0.261. The fourth-order valence-electron chi connectivity index (χ4n) is 3.27. The Morgan fingerprint density at radius 2 is 1.47 bits per heavy atom. The second kappa shape index (κ2) is 10.2. The Hall–Kier alpha value is -4.20. The lowest BCUT2D eigenvalue weighted by atomic mass is 9.98. The number of hydrogen-bond acceptors (Lipinski definition) is 6. The van der Waals surface area contributed by atoms with Crippen LogP contribution in [0.25, 0.3) is 22.4 Å². The normalized spacial score (nSPS) is 10.9. The topological polar surface area (TPSA) is 95.1 Å². The van der Waals surface area contributed by atoms with E-state index in [0.717, 1.165) is 16.3 Å². The predicted molar refractivity (Wildman–Crippen MR) is 122 cm³/mol. The van der Waals surface area contributed by atoms with Gasteiger partial charge < -0.3 is 18.9 Å². The van der Waals surface area contributed by atoms with Crippen molar-refractivity contribution in [1.29, 1.82) is 0 Å². The quantitative estimate of drug-likeness (QED) is 0.347. The molecule has 3 aromatic carbocycles. The first kappa shape index (κ1) is 22.5. The lowest BCUT2D eigenvalue weighted by Crippen LogP contribution is -2.41. The molecule has 166 valence electrons. The highest BCUT2D eigenvalue weighted by atomic mass is 16.5. The fraction of sp³-hybridized carbons (Fsp3) is 0.167. The number of fused-ring (bicyclic) bond motifs is 1. The van der Waals surface area contributed by atoms with E-state index in [2.05, 4.69) is 15.6 Å². The average molecular weight is 436 g/mol. The van der Waals surface area contributed by atoms with Crippen LogP contribution in [0.15, 0.2) is 54.6 Å². The van der Waals surface area contributed by atoms with E-state index < -0.39 is 12.0 Å². The number of carbonyl (C=O) groups excluding carboxylic acids is 2. The largest absolute Gasteiger partial charge is 0.493 e. The Kier molecular flexibility index (Phi) is 7.17. The summed E-state index contributed by atoms with van der Waals surface area (Å²) in [7, 11) is 5.69. The maximum atomic E-state index is 13.1. The number of ether oxygens (including phenoxy) is 4. The average Bonchev–Trinajstić information content (AvgIpc) is 2.84. The number of amides is 2. The minimum Gasteiger partial charge on any atom is -0.493 e. The van der Waals surface area contributed by atoms with Crippen molar-refractivity contribution in [3.05, 3.63) is 65.7 Å². The molecule has 0 radical (unpaired) electrons. The van der Waals surface area contributed by atoms with Gasteiger partial charge in [0.2, 0.25) is 5.75 Å². The highest BCUT2D eigenvalue weighted by molar-refractivity contribution is 6.25. The lowest BCUT2D eigenvalue weighted by Gasteiger charge is -2.16. The number of hydrazine groups is 1. The number of benzene rings is 3. The zero-order valence-corrected chi connectivity index (χ0v) is 18.2. The number of hydrogen-bond donors (Lipinski definition) is 2. The second-order valence-corrected chi connectivity index (χ2v) is 6.61. The molecule has 0 aliphatic heterocycles.